The Morgan fingerprint density at radius 1 is 1.10 bits per heavy atom. The SMILES string of the molecule is CC(C)CNC(=O)C(C)N(Cc1ccc(F)cc1)C(=O)CSCc1ccc(Cl)cc1Cl. The summed E-state index contributed by atoms with van der Waals surface area (Å²) in [5.41, 5.74) is 1.64. The molecule has 2 rings (SSSR count). The lowest BCUT2D eigenvalue weighted by atomic mass is 10.1. The van der Waals surface area contributed by atoms with E-state index in [0.717, 1.165) is 11.1 Å². The summed E-state index contributed by atoms with van der Waals surface area (Å²) < 4.78 is 13.3. The number of nitrogens with zero attached hydrogens (tertiary/aromatic N) is 1. The predicted octanol–water partition coefficient (Wildman–Crippen LogP) is 5.56. The normalized spacial score (nSPS) is 12.0. The smallest absolute Gasteiger partial charge is 0.242 e. The van der Waals surface area contributed by atoms with Crippen molar-refractivity contribution in [3.63, 3.8) is 0 Å². The number of rotatable bonds is 10. The first-order valence-electron chi connectivity index (χ1n) is 10.0. The molecule has 8 heteroatoms. The molecule has 0 spiro atoms. The first kappa shape index (κ1) is 25.5. The Morgan fingerprint density at radius 3 is 2.39 bits per heavy atom. The number of hydrogen-bond acceptors (Lipinski definition) is 3. The number of nitrogens with one attached hydrogen (secondary N) is 1. The van der Waals surface area contributed by atoms with Crippen LogP contribution in [0.3, 0.4) is 0 Å². The average Bonchev–Trinajstić information content (AvgIpc) is 2.72. The molecule has 0 fully saturated rings. The van der Waals surface area contributed by atoms with E-state index in [1.807, 2.05) is 19.9 Å². The number of hydrogen-bond donors (Lipinski definition) is 1. The van der Waals surface area contributed by atoms with Crippen molar-refractivity contribution in [3.05, 3.63) is 69.5 Å². The van der Waals surface area contributed by atoms with Crippen LogP contribution in [0.5, 0.6) is 0 Å². The molecule has 0 aliphatic carbocycles. The van der Waals surface area contributed by atoms with E-state index in [9.17, 15) is 14.0 Å². The Hall–Kier alpha value is -1.76. The second kappa shape index (κ2) is 12.3. The fourth-order valence-corrected chi connectivity index (χ4v) is 4.26. The molecular weight excluding hydrogens is 458 g/mol. The van der Waals surface area contributed by atoms with E-state index < -0.39 is 6.04 Å². The van der Waals surface area contributed by atoms with E-state index in [2.05, 4.69) is 5.32 Å². The van der Waals surface area contributed by atoms with E-state index in [1.54, 1.807) is 31.2 Å². The minimum absolute atomic E-state index is 0.174. The van der Waals surface area contributed by atoms with Crippen molar-refractivity contribution < 1.29 is 14.0 Å². The van der Waals surface area contributed by atoms with Crippen LogP contribution in [0.2, 0.25) is 10.0 Å². The molecule has 2 amide bonds. The van der Waals surface area contributed by atoms with Crippen molar-refractivity contribution in [3.8, 4) is 0 Å². The first-order chi connectivity index (χ1) is 14.7. The van der Waals surface area contributed by atoms with Crippen molar-refractivity contribution in [1.82, 2.24) is 10.2 Å². The monoisotopic (exact) mass is 484 g/mol. The van der Waals surface area contributed by atoms with E-state index in [0.29, 0.717) is 28.3 Å². The van der Waals surface area contributed by atoms with Gasteiger partial charge in [0.1, 0.15) is 11.9 Å². The van der Waals surface area contributed by atoms with Gasteiger partial charge in [-0.05, 0) is 48.2 Å². The Labute approximate surface area is 197 Å². The molecule has 31 heavy (non-hydrogen) atoms. The van der Waals surface area contributed by atoms with Crippen LogP contribution in [-0.4, -0.2) is 35.1 Å². The van der Waals surface area contributed by atoms with Crippen LogP contribution < -0.4 is 5.32 Å². The van der Waals surface area contributed by atoms with Gasteiger partial charge in [-0.1, -0.05) is 55.2 Å². The highest BCUT2D eigenvalue weighted by Gasteiger charge is 2.26. The zero-order valence-corrected chi connectivity index (χ0v) is 20.2. The van der Waals surface area contributed by atoms with Gasteiger partial charge in [0.15, 0.2) is 0 Å². The molecule has 1 atom stereocenters. The number of thioether (sulfide) groups is 1. The summed E-state index contributed by atoms with van der Waals surface area (Å²) in [5, 5.41) is 3.99. The Balaban J connectivity index is 2.07. The maximum absolute atomic E-state index is 13.3. The molecule has 0 bridgehead atoms. The van der Waals surface area contributed by atoms with Crippen LogP contribution in [0, 0.1) is 11.7 Å². The van der Waals surface area contributed by atoms with Gasteiger partial charge in [-0.3, -0.25) is 9.59 Å². The molecule has 168 valence electrons. The third-order valence-electron chi connectivity index (χ3n) is 4.62. The van der Waals surface area contributed by atoms with Crippen LogP contribution in [0.15, 0.2) is 42.5 Å². The highest BCUT2D eigenvalue weighted by Crippen LogP contribution is 2.25. The van der Waals surface area contributed by atoms with Gasteiger partial charge in [0.2, 0.25) is 11.8 Å². The Morgan fingerprint density at radius 2 is 1.77 bits per heavy atom. The van der Waals surface area contributed by atoms with Gasteiger partial charge in [0, 0.05) is 28.9 Å². The lowest BCUT2D eigenvalue weighted by Gasteiger charge is -2.29. The molecule has 0 heterocycles. The van der Waals surface area contributed by atoms with E-state index >= 15 is 0 Å². The molecule has 1 N–H and O–H groups in total. The van der Waals surface area contributed by atoms with Crippen LogP contribution in [0.1, 0.15) is 31.9 Å². The average molecular weight is 485 g/mol. The number of carbonyl (C=O) groups excluding carboxylic acids is 2. The summed E-state index contributed by atoms with van der Waals surface area (Å²) in [6, 6.07) is 10.5. The lowest BCUT2D eigenvalue weighted by Crippen LogP contribution is -2.48. The van der Waals surface area contributed by atoms with Crippen molar-refractivity contribution in [2.45, 2.75) is 39.1 Å². The molecule has 2 aromatic rings. The van der Waals surface area contributed by atoms with Gasteiger partial charge in [0.25, 0.3) is 0 Å². The third kappa shape index (κ3) is 8.36. The molecule has 0 saturated carbocycles. The minimum Gasteiger partial charge on any atom is -0.354 e. The zero-order chi connectivity index (χ0) is 23.0. The van der Waals surface area contributed by atoms with Gasteiger partial charge >= 0.3 is 0 Å². The second-order valence-corrected chi connectivity index (χ2v) is 9.52. The van der Waals surface area contributed by atoms with Crippen LogP contribution >= 0.6 is 35.0 Å². The van der Waals surface area contributed by atoms with E-state index in [-0.39, 0.29) is 29.9 Å². The summed E-state index contributed by atoms with van der Waals surface area (Å²) in [6.45, 7) is 6.47. The van der Waals surface area contributed by atoms with E-state index in [4.69, 9.17) is 23.2 Å². The maximum Gasteiger partial charge on any atom is 0.242 e. The molecular formula is C23H27Cl2FN2O2S. The van der Waals surface area contributed by atoms with Gasteiger partial charge in [-0.2, -0.15) is 0 Å². The Kier molecular flexibility index (Phi) is 10.1. The number of carbonyl (C=O) groups is 2. The molecule has 0 aromatic heterocycles. The Bertz CT molecular complexity index is 894. The summed E-state index contributed by atoms with van der Waals surface area (Å²) in [4.78, 5) is 27.2. The fourth-order valence-electron chi connectivity index (χ4n) is 2.79. The predicted molar refractivity (Wildman–Crippen MR) is 127 cm³/mol. The van der Waals surface area contributed by atoms with Gasteiger partial charge < -0.3 is 10.2 Å². The summed E-state index contributed by atoms with van der Waals surface area (Å²) >= 11 is 13.5. The quantitative estimate of drug-likeness (QED) is 0.480. The molecule has 0 radical (unpaired) electrons. The van der Waals surface area contributed by atoms with Crippen molar-refractivity contribution in [1.29, 1.82) is 0 Å². The summed E-state index contributed by atoms with van der Waals surface area (Å²) in [5.74, 6) is 0.292. The molecule has 0 aliphatic rings. The minimum atomic E-state index is -0.656. The largest absolute Gasteiger partial charge is 0.354 e. The topological polar surface area (TPSA) is 49.4 Å². The number of benzene rings is 2. The number of halogens is 3. The zero-order valence-electron chi connectivity index (χ0n) is 17.8. The van der Waals surface area contributed by atoms with Gasteiger partial charge in [0.05, 0.1) is 5.75 Å². The second-order valence-electron chi connectivity index (χ2n) is 7.69. The number of amides is 2. The van der Waals surface area contributed by atoms with Gasteiger partial charge in [-0.15, -0.1) is 11.8 Å². The van der Waals surface area contributed by atoms with Crippen LogP contribution in [0.4, 0.5) is 4.39 Å². The van der Waals surface area contributed by atoms with Crippen molar-refractivity contribution in [2.24, 2.45) is 5.92 Å². The standard InChI is InChI=1S/C23H27Cl2FN2O2S/c1-15(2)11-27-23(30)16(3)28(12-17-4-8-20(26)9-5-17)22(29)14-31-13-18-6-7-19(24)10-21(18)25/h4-10,15-16H,11-14H2,1-3H3,(H,27,30). The highest BCUT2D eigenvalue weighted by atomic mass is 35.5. The summed E-state index contributed by atoms with van der Waals surface area (Å²) in [6.07, 6.45) is 0. The highest BCUT2D eigenvalue weighted by molar-refractivity contribution is 7.99. The molecule has 0 aliphatic heterocycles. The fraction of sp³-hybridized carbons (Fsp3) is 0.391. The molecule has 2 aromatic carbocycles. The van der Waals surface area contributed by atoms with Gasteiger partial charge in [-0.25, -0.2) is 4.39 Å². The molecule has 4 nitrogen and oxygen atoms in total. The molecule has 0 saturated heterocycles. The first-order valence-corrected chi connectivity index (χ1v) is 11.9. The third-order valence-corrected chi connectivity index (χ3v) is 6.17. The van der Waals surface area contributed by atoms with Crippen molar-refractivity contribution >= 4 is 46.8 Å². The van der Waals surface area contributed by atoms with Crippen LogP contribution in [-0.2, 0) is 21.9 Å². The lowest BCUT2D eigenvalue weighted by molar-refractivity contribution is -0.138. The van der Waals surface area contributed by atoms with Crippen molar-refractivity contribution in [2.75, 3.05) is 12.3 Å². The van der Waals surface area contributed by atoms with Crippen LogP contribution in [0.25, 0.3) is 0 Å². The summed E-state index contributed by atoms with van der Waals surface area (Å²) in [7, 11) is 0. The maximum atomic E-state index is 13.3. The molecule has 1 unspecified atom stereocenters. The van der Waals surface area contributed by atoms with E-state index in [1.165, 1.54) is 28.8 Å².